The van der Waals surface area contributed by atoms with Crippen molar-refractivity contribution in [3.8, 4) is 5.75 Å². The average molecular weight is 415 g/mol. The number of hydrogen-bond donors (Lipinski definition) is 1. The van der Waals surface area contributed by atoms with Crippen molar-refractivity contribution in [2.75, 3.05) is 51.8 Å². The number of aromatic nitrogens is 1. The van der Waals surface area contributed by atoms with Crippen LogP contribution < -0.4 is 14.5 Å². The van der Waals surface area contributed by atoms with Crippen LogP contribution in [0.15, 0.2) is 30.3 Å². The lowest BCUT2D eigenvalue weighted by Gasteiger charge is -2.34. The van der Waals surface area contributed by atoms with Gasteiger partial charge in [-0.15, -0.1) is 0 Å². The minimum absolute atomic E-state index is 0.160. The minimum atomic E-state index is -0.243. The number of ether oxygens (including phenoxy) is 2. The van der Waals surface area contributed by atoms with E-state index in [1.54, 1.807) is 7.11 Å². The second kappa shape index (κ2) is 9.80. The van der Waals surface area contributed by atoms with Crippen molar-refractivity contribution in [1.29, 1.82) is 0 Å². The molecule has 1 fully saturated rings. The summed E-state index contributed by atoms with van der Waals surface area (Å²) >= 11 is 0. The first-order valence-corrected chi connectivity index (χ1v) is 10.4. The van der Waals surface area contributed by atoms with Crippen molar-refractivity contribution in [2.24, 2.45) is 0 Å². The molecule has 0 atom stereocenters. The number of hydrogen-bond acceptors (Lipinski definition) is 5. The van der Waals surface area contributed by atoms with Gasteiger partial charge in [0.25, 0.3) is 0 Å². The minimum Gasteiger partial charge on any atom is -0.495 e. The molecule has 2 heterocycles. The molecule has 1 aliphatic heterocycles. The number of nitrogens with one attached hydrogen (secondary N) is 1. The number of methoxy groups -OCH3 is 2. The van der Waals surface area contributed by atoms with E-state index >= 15 is 0 Å². The van der Waals surface area contributed by atoms with Gasteiger partial charge < -0.3 is 23.8 Å². The zero-order chi connectivity index (χ0) is 21.7. The van der Waals surface area contributed by atoms with Gasteiger partial charge in [0.2, 0.25) is 5.78 Å². The van der Waals surface area contributed by atoms with Crippen LogP contribution in [0.3, 0.4) is 0 Å². The summed E-state index contributed by atoms with van der Waals surface area (Å²) in [6, 6.07) is 10.0. The maximum atomic E-state index is 13.0. The zero-order valence-electron chi connectivity index (χ0n) is 18.4. The van der Waals surface area contributed by atoms with Crippen molar-refractivity contribution in [3.05, 3.63) is 47.3 Å². The fraction of sp³-hybridized carbons (Fsp3) is 0.478. The van der Waals surface area contributed by atoms with Crippen LogP contribution in [0.5, 0.6) is 5.75 Å². The summed E-state index contributed by atoms with van der Waals surface area (Å²) in [5.74, 6) is 0.803. The number of para-hydroxylation sites is 2. The normalized spacial score (nSPS) is 14.6. The van der Waals surface area contributed by atoms with Gasteiger partial charge in [-0.05, 0) is 32.0 Å². The molecule has 0 radical (unpaired) electrons. The van der Waals surface area contributed by atoms with E-state index in [0.717, 1.165) is 54.6 Å². The number of carbonyl (C=O) groups is 2. The Bertz CT molecular complexity index is 898. The monoisotopic (exact) mass is 414 g/mol. The second-order valence-corrected chi connectivity index (χ2v) is 7.77. The molecular formula is C23H32N3O4+. The van der Waals surface area contributed by atoms with Crippen LogP contribution in [-0.2, 0) is 16.1 Å². The molecule has 1 aliphatic rings. The van der Waals surface area contributed by atoms with E-state index < -0.39 is 0 Å². The molecule has 3 rings (SSSR count). The summed E-state index contributed by atoms with van der Waals surface area (Å²) in [5, 5.41) is 0. The number of carbonyl (C=O) groups excluding carboxylic acids is 2. The smallest absolute Gasteiger partial charge is 0.307 e. The molecule has 7 heteroatoms. The number of ketones is 1. The molecule has 0 aliphatic carbocycles. The fourth-order valence-corrected chi connectivity index (χ4v) is 4.19. The third kappa shape index (κ3) is 4.84. The highest BCUT2D eigenvalue weighted by molar-refractivity contribution is 5.98. The van der Waals surface area contributed by atoms with Gasteiger partial charge in [-0.25, -0.2) is 0 Å². The maximum Gasteiger partial charge on any atom is 0.307 e. The van der Waals surface area contributed by atoms with Crippen molar-refractivity contribution in [1.82, 2.24) is 4.57 Å². The third-order valence-electron chi connectivity index (χ3n) is 5.95. The largest absolute Gasteiger partial charge is 0.495 e. The lowest BCUT2D eigenvalue weighted by atomic mass is 10.1. The summed E-state index contributed by atoms with van der Waals surface area (Å²) in [6.07, 6.45) is 0.302. The molecular weight excluding hydrogens is 382 g/mol. The van der Waals surface area contributed by atoms with Gasteiger partial charge in [0, 0.05) is 23.5 Å². The molecule has 1 saturated heterocycles. The van der Waals surface area contributed by atoms with E-state index in [4.69, 9.17) is 9.47 Å². The first kappa shape index (κ1) is 21.9. The van der Waals surface area contributed by atoms with Crippen LogP contribution in [0.2, 0.25) is 0 Å². The van der Waals surface area contributed by atoms with Crippen LogP contribution in [0, 0.1) is 13.8 Å². The van der Waals surface area contributed by atoms with Gasteiger partial charge in [0.05, 0.1) is 52.5 Å². The predicted molar refractivity (Wildman–Crippen MR) is 116 cm³/mol. The Balaban J connectivity index is 1.59. The number of Topliss-reactive ketones (excluding diaryl/α,β-unsaturated/α-hetero) is 1. The van der Waals surface area contributed by atoms with Crippen LogP contribution in [0.4, 0.5) is 5.69 Å². The van der Waals surface area contributed by atoms with Crippen LogP contribution >= 0.6 is 0 Å². The highest BCUT2D eigenvalue weighted by atomic mass is 16.5. The van der Waals surface area contributed by atoms with Crippen LogP contribution in [-0.4, -0.2) is 63.3 Å². The quantitative estimate of drug-likeness (QED) is 0.521. The Morgan fingerprint density at radius 2 is 1.80 bits per heavy atom. The Kier molecular flexibility index (Phi) is 7.15. The molecule has 162 valence electrons. The van der Waals surface area contributed by atoms with Gasteiger partial charge in [-0.3, -0.25) is 9.59 Å². The van der Waals surface area contributed by atoms with Crippen LogP contribution in [0.1, 0.15) is 28.2 Å². The summed E-state index contributed by atoms with van der Waals surface area (Å²) in [5.41, 5.74) is 3.79. The number of benzene rings is 1. The molecule has 1 aromatic carbocycles. The maximum absolute atomic E-state index is 13.0. The van der Waals surface area contributed by atoms with Crippen molar-refractivity contribution >= 4 is 17.4 Å². The van der Waals surface area contributed by atoms with E-state index in [1.807, 2.05) is 42.7 Å². The zero-order valence-corrected chi connectivity index (χ0v) is 18.4. The number of piperazine rings is 1. The first-order valence-electron chi connectivity index (χ1n) is 10.4. The lowest BCUT2D eigenvalue weighted by molar-refractivity contribution is -0.892. The lowest BCUT2D eigenvalue weighted by Crippen LogP contribution is -3.15. The Labute approximate surface area is 178 Å². The van der Waals surface area contributed by atoms with E-state index in [-0.39, 0.29) is 11.8 Å². The van der Waals surface area contributed by atoms with Gasteiger partial charge in [0.15, 0.2) is 0 Å². The highest BCUT2D eigenvalue weighted by Gasteiger charge is 2.26. The van der Waals surface area contributed by atoms with Gasteiger partial charge >= 0.3 is 5.97 Å². The highest BCUT2D eigenvalue weighted by Crippen LogP contribution is 2.27. The summed E-state index contributed by atoms with van der Waals surface area (Å²) in [4.78, 5) is 28.1. The standard InChI is InChI=1S/C23H31N3O4/c1-17-15-19(18(2)26(17)10-9-23(28)30-4)21(27)16-24-11-13-25(14-12-24)20-7-5-6-8-22(20)29-3/h5-8,15H,9-14,16H2,1-4H3/p+1. The topological polar surface area (TPSA) is 65.2 Å². The van der Waals surface area contributed by atoms with E-state index in [9.17, 15) is 9.59 Å². The molecule has 0 spiro atoms. The molecule has 2 aromatic rings. The van der Waals surface area contributed by atoms with Gasteiger partial charge in [0.1, 0.15) is 12.3 Å². The Morgan fingerprint density at radius 1 is 1.10 bits per heavy atom. The summed E-state index contributed by atoms with van der Waals surface area (Å²) in [6.45, 7) is 8.54. The van der Waals surface area contributed by atoms with Crippen molar-refractivity contribution in [2.45, 2.75) is 26.8 Å². The van der Waals surface area contributed by atoms with E-state index in [0.29, 0.717) is 19.5 Å². The average Bonchev–Trinajstić information content (AvgIpc) is 3.06. The SMILES string of the molecule is COC(=O)CCn1c(C)cc(C(=O)C[NH+]2CCN(c3ccccc3OC)CC2)c1C. The van der Waals surface area contributed by atoms with Gasteiger partial charge in [-0.1, -0.05) is 12.1 Å². The Morgan fingerprint density at radius 3 is 2.47 bits per heavy atom. The molecule has 0 saturated carbocycles. The predicted octanol–water partition coefficient (Wildman–Crippen LogP) is 1.26. The molecule has 0 amide bonds. The number of quaternary nitrogens is 1. The summed E-state index contributed by atoms with van der Waals surface area (Å²) < 4.78 is 12.2. The molecule has 7 nitrogen and oxygen atoms in total. The van der Waals surface area contributed by atoms with E-state index in [1.165, 1.54) is 12.0 Å². The molecule has 1 N–H and O–H groups in total. The Hall–Kier alpha value is -2.80. The summed E-state index contributed by atoms with van der Waals surface area (Å²) in [7, 11) is 3.09. The van der Waals surface area contributed by atoms with Gasteiger partial charge in [-0.2, -0.15) is 0 Å². The second-order valence-electron chi connectivity index (χ2n) is 7.77. The third-order valence-corrected chi connectivity index (χ3v) is 5.95. The van der Waals surface area contributed by atoms with Crippen molar-refractivity contribution < 1.29 is 24.0 Å². The number of aryl methyl sites for hydroxylation is 1. The van der Waals surface area contributed by atoms with Crippen molar-refractivity contribution in [3.63, 3.8) is 0 Å². The van der Waals surface area contributed by atoms with Crippen LogP contribution in [0.25, 0.3) is 0 Å². The first-order chi connectivity index (χ1) is 14.4. The molecule has 0 bridgehead atoms. The number of rotatable bonds is 8. The number of anilines is 1. The number of esters is 1. The number of nitrogens with zero attached hydrogens (tertiary/aromatic N) is 2. The fourth-order valence-electron chi connectivity index (χ4n) is 4.19. The molecule has 30 heavy (non-hydrogen) atoms. The molecule has 1 aromatic heterocycles. The van der Waals surface area contributed by atoms with E-state index in [2.05, 4.69) is 11.0 Å². The molecule has 0 unspecified atom stereocenters.